The molecule has 0 amide bonds. The number of rotatable bonds is 9. The van der Waals surface area contributed by atoms with Gasteiger partial charge in [-0.1, -0.05) is 48.5 Å². The number of nitrogens with zero attached hydrogens (tertiary/aromatic N) is 3. The van der Waals surface area contributed by atoms with E-state index in [0.717, 1.165) is 36.5 Å². The van der Waals surface area contributed by atoms with E-state index in [9.17, 15) is 0 Å². The van der Waals surface area contributed by atoms with Crippen molar-refractivity contribution >= 4 is 11.8 Å². The standard InChI is InChI=1S/C20H23N5O/c1-26-18-12-6-5-11-17(18)14-22-20-24-19(15-23-25-20)21-13-7-10-16-8-3-2-4-9-16/h2-6,8-9,11-12,15H,7,10,13-14H2,1H3,(H2,21,22,24,25). The Bertz CT molecular complexity index is 810. The molecule has 0 saturated heterocycles. The van der Waals surface area contributed by atoms with Gasteiger partial charge in [-0.15, -0.1) is 5.10 Å². The average molecular weight is 349 g/mol. The van der Waals surface area contributed by atoms with E-state index >= 15 is 0 Å². The fraction of sp³-hybridized carbons (Fsp3) is 0.250. The molecule has 134 valence electrons. The van der Waals surface area contributed by atoms with Crippen molar-refractivity contribution < 1.29 is 4.74 Å². The molecule has 0 fully saturated rings. The number of hydrogen-bond acceptors (Lipinski definition) is 6. The number of anilines is 2. The Balaban J connectivity index is 1.48. The molecule has 0 saturated carbocycles. The predicted molar refractivity (Wildman–Crippen MR) is 103 cm³/mol. The first-order valence-electron chi connectivity index (χ1n) is 8.68. The fourth-order valence-electron chi connectivity index (χ4n) is 2.64. The lowest BCUT2D eigenvalue weighted by atomic mass is 10.1. The highest BCUT2D eigenvalue weighted by Gasteiger charge is 2.04. The van der Waals surface area contributed by atoms with Crippen molar-refractivity contribution in [2.75, 3.05) is 24.3 Å². The third-order valence-electron chi connectivity index (χ3n) is 3.98. The molecule has 0 bridgehead atoms. The molecular weight excluding hydrogens is 326 g/mol. The Morgan fingerprint density at radius 2 is 1.77 bits per heavy atom. The number of benzene rings is 2. The maximum absolute atomic E-state index is 5.35. The molecular formula is C20H23N5O. The van der Waals surface area contributed by atoms with Crippen LogP contribution in [0.1, 0.15) is 17.5 Å². The van der Waals surface area contributed by atoms with E-state index < -0.39 is 0 Å². The van der Waals surface area contributed by atoms with Gasteiger partial charge in [-0.05, 0) is 24.5 Å². The summed E-state index contributed by atoms with van der Waals surface area (Å²) in [6.45, 7) is 1.41. The van der Waals surface area contributed by atoms with Gasteiger partial charge in [0, 0.05) is 18.7 Å². The van der Waals surface area contributed by atoms with Gasteiger partial charge in [-0.3, -0.25) is 0 Å². The second kappa shape index (κ2) is 9.36. The summed E-state index contributed by atoms with van der Waals surface area (Å²) in [5.41, 5.74) is 2.38. The van der Waals surface area contributed by atoms with E-state index in [1.54, 1.807) is 13.3 Å². The van der Waals surface area contributed by atoms with Crippen LogP contribution in [0, 0.1) is 0 Å². The highest BCUT2D eigenvalue weighted by molar-refractivity contribution is 5.40. The summed E-state index contributed by atoms with van der Waals surface area (Å²) < 4.78 is 5.35. The monoisotopic (exact) mass is 349 g/mol. The molecule has 2 N–H and O–H groups in total. The highest BCUT2D eigenvalue weighted by atomic mass is 16.5. The lowest BCUT2D eigenvalue weighted by Gasteiger charge is -2.10. The predicted octanol–water partition coefficient (Wildman–Crippen LogP) is 3.54. The summed E-state index contributed by atoms with van der Waals surface area (Å²) >= 11 is 0. The summed E-state index contributed by atoms with van der Waals surface area (Å²) in [5.74, 6) is 2.04. The van der Waals surface area contributed by atoms with Crippen molar-refractivity contribution in [1.82, 2.24) is 15.2 Å². The number of nitrogens with one attached hydrogen (secondary N) is 2. The molecule has 0 unspecified atom stereocenters. The molecule has 6 heteroatoms. The average Bonchev–Trinajstić information content (AvgIpc) is 2.71. The molecule has 1 aromatic heterocycles. The molecule has 1 heterocycles. The second-order valence-corrected chi connectivity index (χ2v) is 5.85. The first kappa shape index (κ1) is 17.7. The van der Waals surface area contributed by atoms with E-state index in [1.165, 1.54) is 5.56 Å². The molecule has 2 aromatic carbocycles. The SMILES string of the molecule is COc1ccccc1CNc1nncc(NCCCc2ccccc2)n1. The minimum absolute atomic E-state index is 0.490. The van der Waals surface area contributed by atoms with Crippen LogP contribution in [-0.4, -0.2) is 28.8 Å². The number of para-hydroxylation sites is 1. The molecule has 26 heavy (non-hydrogen) atoms. The molecule has 0 aliphatic carbocycles. The summed E-state index contributed by atoms with van der Waals surface area (Å²) in [6.07, 6.45) is 3.69. The van der Waals surface area contributed by atoms with E-state index in [4.69, 9.17) is 4.74 Å². The smallest absolute Gasteiger partial charge is 0.244 e. The Morgan fingerprint density at radius 1 is 0.962 bits per heavy atom. The topological polar surface area (TPSA) is 72.0 Å². The van der Waals surface area contributed by atoms with Crippen LogP contribution in [0.4, 0.5) is 11.8 Å². The minimum atomic E-state index is 0.490. The van der Waals surface area contributed by atoms with Crippen LogP contribution in [0.2, 0.25) is 0 Å². The fourth-order valence-corrected chi connectivity index (χ4v) is 2.64. The first-order valence-corrected chi connectivity index (χ1v) is 8.68. The van der Waals surface area contributed by atoms with E-state index in [2.05, 4.69) is 50.1 Å². The lowest BCUT2D eigenvalue weighted by Crippen LogP contribution is -2.09. The maximum atomic E-state index is 5.35. The van der Waals surface area contributed by atoms with Crippen LogP contribution in [0.15, 0.2) is 60.8 Å². The lowest BCUT2D eigenvalue weighted by molar-refractivity contribution is 0.410. The van der Waals surface area contributed by atoms with Crippen LogP contribution in [-0.2, 0) is 13.0 Å². The Kier molecular flexibility index (Phi) is 6.36. The summed E-state index contributed by atoms with van der Waals surface area (Å²) in [4.78, 5) is 4.45. The minimum Gasteiger partial charge on any atom is -0.496 e. The molecule has 3 aromatic rings. The van der Waals surface area contributed by atoms with Gasteiger partial charge in [0.15, 0.2) is 0 Å². The van der Waals surface area contributed by atoms with Crippen molar-refractivity contribution in [2.24, 2.45) is 0 Å². The van der Waals surface area contributed by atoms with Gasteiger partial charge in [0.1, 0.15) is 11.6 Å². The van der Waals surface area contributed by atoms with Crippen LogP contribution < -0.4 is 15.4 Å². The maximum Gasteiger partial charge on any atom is 0.244 e. The summed E-state index contributed by atoms with van der Waals surface area (Å²) in [7, 11) is 1.66. The van der Waals surface area contributed by atoms with Crippen LogP contribution in [0.5, 0.6) is 5.75 Å². The van der Waals surface area contributed by atoms with Gasteiger partial charge in [0.05, 0.1) is 13.3 Å². The van der Waals surface area contributed by atoms with Gasteiger partial charge in [-0.2, -0.15) is 10.1 Å². The van der Waals surface area contributed by atoms with E-state index in [1.807, 2.05) is 30.3 Å². The molecule has 6 nitrogen and oxygen atoms in total. The van der Waals surface area contributed by atoms with Crippen molar-refractivity contribution in [2.45, 2.75) is 19.4 Å². The van der Waals surface area contributed by atoms with Gasteiger partial charge >= 0.3 is 0 Å². The van der Waals surface area contributed by atoms with Crippen molar-refractivity contribution in [3.05, 3.63) is 71.9 Å². The Hall–Kier alpha value is -3.15. The molecule has 0 aliphatic rings. The quantitative estimate of drug-likeness (QED) is 0.576. The number of methoxy groups -OCH3 is 1. The normalized spacial score (nSPS) is 10.3. The Labute approximate surface area is 153 Å². The first-order chi connectivity index (χ1) is 12.8. The van der Waals surface area contributed by atoms with E-state index in [-0.39, 0.29) is 0 Å². The number of aromatic nitrogens is 3. The molecule has 0 radical (unpaired) electrons. The third-order valence-corrected chi connectivity index (χ3v) is 3.98. The molecule has 0 atom stereocenters. The summed E-state index contributed by atoms with van der Waals surface area (Å²) in [5, 5.41) is 14.5. The zero-order valence-electron chi connectivity index (χ0n) is 14.9. The number of ether oxygens (including phenoxy) is 1. The van der Waals surface area contributed by atoms with Gasteiger partial charge < -0.3 is 15.4 Å². The number of aryl methyl sites for hydroxylation is 1. The van der Waals surface area contributed by atoms with E-state index in [0.29, 0.717) is 12.5 Å². The molecule has 3 rings (SSSR count). The number of hydrogen-bond donors (Lipinski definition) is 2. The highest BCUT2D eigenvalue weighted by Crippen LogP contribution is 2.18. The zero-order chi connectivity index (χ0) is 18.0. The summed E-state index contributed by atoms with van der Waals surface area (Å²) in [6, 6.07) is 18.3. The largest absolute Gasteiger partial charge is 0.496 e. The third kappa shape index (κ3) is 5.17. The van der Waals surface area contributed by atoms with Crippen molar-refractivity contribution in [1.29, 1.82) is 0 Å². The van der Waals surface area contributed by atoms with Crippen LogP contribution in [0.25, 0.3) is 0 Å². The zero-order valence-corrected chi connectivity index (χ0v) is 14.9. The van der Waals surface area contributed by atoms with Crippen molar-refractivity contribution in [3.8, 4) is 5.75 Å². The molecule has 0 spiro atoms. The van der Waals surface area contributed by atoms with Crippen LogP contribution >= 0.6 is 0 Å². The van der Waals surface area contributed by atoms with Gasteiger partial charge in [-0.25, -0.2) is 0 Å². The molecule has 0 aliphatic heterocycles. The van der Waals surface area contributed by atoms with Crippen LogP contribution in [0.3, 0.4) is 0 Å². The van der Waals surface area contributed by atoms with Gasteiger partial charge in [0.25, 0.3) is 0 Å². The van der Waals surface area contributed by atoms with Gasteiger partial charge in [0.2, 0.25) is 5.95 Å². The van der Waals surface area contributed by atoms with Crippen molar-refractivity contribution in [3.63, 3.8) is 0 Å². The Morgan fingerprint density at radius 3 is 2.62 bits per heavy atom. The second-order valence-electron chi connectivity index (χ2n) is 5.85.